The number of hydrogen-bond donors (Lipinski definition) is 6. The Bertz CT molecular complexity index is 1420. The van der Waals surface area contributed by atoms with Crippen LogP contribution >= 0.6 is 0 Å². The Balaban J connectivity index is 1.81. The van der Waals surface area contributed by atoms with Gasteiger partial charge in [-0.2, -0.15) is 5.10 Å². The highest BCUT2D eigenvalue weighted by Gasteiger charge is 2.39. The highest BCUT2D eigenvalue weighted by molar-refractivity contribution is 5.92. The first kappa shape index (κ1) is 28.0. The number of nitrogens with one attached hydrogen (secondary N) is 1. The number of nitrogens with two attached hydrogens (primary N) is 2. The van der Waals surface area contributed by atoms with Crippen molar-refractivity contribution in [2.75, 3.05) is 0 Å². The monoisotopic (exact) mass is 541 g/mol. The van der Waals surface area contributed by atoms with E-state index in [1.165, 1.54) is 40.9 Å². The molecule has 204 valence electrons. The Morgan fingerprint density at radius 1 is 0.923 bits per heavy atom. The molecule has 8 N–H and O–H groups in total. The van der Waals surface area contributed by atoms with Crippen LogP contribution in [0, 0.1) is 0 Å². The number of fused-ring (bicyclic) bond motifs is 1. The number of rotatable bonds is 12. The number of aliphatic carboxylic acids is 3. The fourth-order valence-electron chi connectivity index (χ4n) is 3.82. The number of carbonyl (C=O) groups is 5. The molecule has 0 radical (unpaired) electrons. The molecule has 1 aromatic carbocycles. The summed E-state index contributed by atoms with van der Waals surface area (Å²) in [6, 6.07) is 8.65. The first-order chi connectivity index (χ1) is 18.4. The van der Waals surface area contributed by atoms with E-state index in [4.69, 9.17) is 16.2 Å². The molecule has 1 amide bonds. The summed E-state index contributed by atoms with van der Waals surface area (Å²) in [7, 11) is 0. The molecule has 3 rings (SSSR count). The van der Waals surface area contributed by atoms with Crippen LogP contribution in [-0.2, 0) is 25.6 Å². The van der Waals surface area contributed by atoms with Gasteiger partial charge in [-0.05, 0) is 36.4 Å². The molecule has 2 heterocycles. The quantitative estimate of drug-likeness (QED) is 0.0976. The number of hydrogen-bond acceptors (Lipinski definition) is 9. The van der Waals surface area contributed by atoms with Crippen molar-refractivity contribution < 1.29 is 44.0 Å². The molecule has 0 aliphatic rings. The van der Waals surface area contributed by atoms with Crippen molar-refractivity contribution in [1.29, 1.82) is 0 Å². The molecule has 0 aliphatic carbocycles. The molecule has 3 aromatic rings. The van der Waals surface area contributed by atoms with Gasteiger partial charge in [0, 0.05) is 0 Å². The summed E-state index contributed by atoms with van der Waals surface area (Å²) in [5.74, 6) is -6.21. The Labute approximate surface area is 218 Å². The topological polar surface area (TPSA) is 262 Å². The SMILES string of the molecule is NC(N)=Nc1ccc(C(=O)Oc2ccc(CC(=O)NC(CC(=O)O)(CC(=O)O)CC(=O)O)n3ncnc23)cc1. The number of nitrogens with zero attached hydrogens (tertiary/aromatic N) is 4. The molecule has 0 saturated heterocycles. The number of ether oxygens (including phenoxy) is 1. The molecule has 0 atom stereocenters. The summed E-state index contributed by atoms with van der Waals surface area (Å²) in [6.45, 7) is 0. The number of carboxylic acids is 3. The Morgan fingerprint density at radius 3 is 2.05 bits per heavy atom. The maximum Gasteiger partial charge on any atom is 0.343 e. The van der Waals surface area contributed by atoms with Gasteiger partial charge in [0.25, 0.3) is 0 Å². The van der Waals surface area contributed by atoms with Crippen LogP contribution in [0.1, 0.15) is 35.3 Å². The zero-order valence-corrected chi connectivity index (χ0v) is 20.1. The summed E-state index contributed by atoms with van der Waals surface area (Å²) in [4.78, 5) is 67.3. The number of esters is 1. The molecule has 0 fully saturated rings. The summed E-state index contributed by atoms with van der Waals surface area (Å²) in [6.07, 6.45) is -2.11. The van der Waals surface area contributed by atoms with E-state index in [-0.39, 0.29) is 28.6 Å². The third-order valence-electron chi connectivity index (χ3n) is 5.25. The van der Waals surface area contributed by atoms with Crippen LogP contribution in [0.4, 0.5) is 5.69 Å². The standard InChI is InChI=1S/C23H23N7O9/c24-22(25)28-13-3-1-12(2-4-13)21(38)39-15-6-5-14(30-20(15)26-11-27-30)7-16(31)29-23(8-17(32)33,9-18(34)35)10-19(36)37/h1-6,11H,7-10H2,(H,29,31)(H,32,33)(H,34,35)(H,36,37)(H4,24,25,28). The fraction of sp³-hybridized carbons (Fsp3) is 0.217. The lowest BCUT2D eigenvalue weighted by Gasteiger charge is -2.30. The van der Waals surface area contributed by atoms with Crippen LogP contribution in [0.15, 0.2) is 47.7 Å². The number of carbonyl (C=O) groups excluding carboxylic acids is 2. The van der Waals surface area contributed by atoms with E-state index >= 15 is 0 Å². The summed E-state index contributed by atoms with van der Waals surface area (Å²) in [5.41, 5.74) is 9.44. The number of aromatic nitrogens is 3. The van der Waals surface area contributed by atoms with Gasteiger partial charge in [-0.25, -0.2) is 19.3 Å². The van der Waals surface area contributed by atoms with Crippen LogP contribution in [0.2, 0.25) is 0 Å². The van der Waals surface area contributed by atoms with Crippen molar-refractivity contribution in [3.8, 4) is 5.75 Å². The van der Waals surface area contributed by atoms with E-state index in [1.807, 2.05) is 0 Å². The lowest BCUT2D eigenvalue weighted by atomic mass is 9.87. The van der Waals surface area contributed by atoms with Gasteiger partial charge >= 0.3 is 23.9 Å². The van der Waals surface area contributed by atoms with Crippen molar-refractivity contribution >= 4 is 47.1 Å². The van der Waals surface area contributed by atoms with Gasteiger partial charge in [-0.15, -0.1) is 0 Å². The molecular formula is C23H23N7O9. The second-order valence-electron chi connectivity index (χ2n) is 8.37. The van der Waals surface area contributed by atoms with Gasteiger partial charge < -0.3 is 36.8 Å². The zero-order chi connectivity index (χ0) is 28.7. The molecule has 0 saturated carbocycles. The van der Waals surface area contributed by atoms with Crippen molar-refractivity contribution in [1.82, 2.24) is 19.9 Å². The normalized spacial score (nSPS) is 11.0. The molecule has 39 heavy (non-hydrogen) atoms. The molecule has 16 nitrogen and oxygen atoms in total. The first-order valence-electron chi connectivity index (χ1n) is 11.1. The second-order valence-corrected chi connectivity index (χ2v) is 8.37. The number of benzene rings is 1. The minimum Gasteiger partial charge on any atom is -0.481 e. The Morgan fingerprint density at radius 2 is 1.51 bits per heavy atom. The Hall–Kier alpha value is -5.54. The van der Waals surface area contributed by atoms with Crippen LogP contribution < -0.4 is 21.5 Å². The average molecular weight is 541 g/mol. The molecule has 16 heteroatoms. The van der Waals surface area contributed by atoms with Crippen LogP contribution in [0.3, 0.4) is 0 Å². The molecule has 0 spiro atoms. The minimum absolute atomic E-state index is 0.00642. The largest absolute Gasteiger partial charge is 0.481 e. The highest BCUT2D eigenvalue weighted by Crippen LogP contribution is 2.24. The van der Waals surface area contributed by atoms with Crippen molar-refractivity contribution in [2.24, 2.45) is 16.5 Å². The third-order valence-corrected chi connectivity index (χ3v) is 5.25. The summed E-state index contributed by atoms with van der Waals surface area (Å²) >= 11 is 0. The molecule has 0 aliphatic heterocycles. The van der Waals surface area contributed by atoms with E-state index in [9.17, 15) is 39.3 Å². The fourth-order valence-corrected chi connectivity index (χ4v) is 3.82. The summed E-state index contributed by atoms with van der Waals surface area (Å²) < 4.78 is 6.61. The van der Waals surface area contributed by atoms with Gasteiger partial charge in [0.05, 0.1) is 48.2 Å². The highest BCUT2D eigenvalue weighted by atomic mass is 16.5. The zero-order valence-electron chi connectivity index (χ0n) is 20.1. The van der Waals surface area contributed by atoms with Crippen molar-refractivity contribution in [3.63, 3.8) is 0 Å². The number of guanidine groups is 1. The van der Waals surface area contributed by atoms with Crippen LogP contribution in [0.25, 0.3) is 5.65 Å². The average Bonchev–Trinajstić information content (AvgIpc) is 3.30. The lowest BCUT2D eigenvalue weighted by Crippen LogP contribution is -2.53. The predicted molar refractivity (Wildman–Crippen MR) is 131 cm³/mol. The number of aliphatic imine (C=N–C) groups is 1. The van der Waals surface area contributed by atoms with E-state index < -0.39 is 61.0 Å². The van der Waals surface area contributed by atoms with Gasteiger partial charge in [-0.3, -0.25) is 19.2 Å². The number of amides is 1. The smallest absolute Gasteiger partial charge is 0.343 e. The predicted octanol–water partition coefficient (Wildman–Crippen LogP) is -0.325. The third kappa shape index (κ3) is 7.48. The van der Waals surface area contributed by atoms with E-state index in [1.54, 1.807) is 0 Å². The molecular weight excluding hydrogens is 518 g/mol. The molecule has 0 unspecified atom stereocenters. The van der Waals surface area contributed by atoms with E-state index in [0.717, 1.165) is 6.33 Å². The Kier molecular flexibility index (Phi) is 8.39. The lowest BCUT2D eigenvalue weighted by molar-refractivity contribution is -0.145. The van der Waals surface area contributed by atoms with Gasteiger partial charge in [-0.1, -0.05) is 0 Å². The maximum absolute atomic E-state index is 12.8. The van der Waals surface area contributed by atoms with Crippen molar-refractivity contribution in [3.05, 3.63) is 54.0 Å². The maximum atomic E-state index is 12.8. The van der Waals surface area contributed by atoms with Gasteiger partial charge in [0.15, 0.2) is 17.4 Å². The second kappa shape index (κ2) is 11.7. The summed E-state index contributed by atoms with van der Waals surface area (Å²) in [5, 5.41) is 33.9. The number of carboxylic acid groups (broad SMARTS) is 3. The number of pyridine rings is 1. The van der Waals surface area contributed by atoms with Crippen molar-refractivity contribution in [2.45, 2.75) is 31.2 Å². The van der Waals surface area contributed by atoms with E-state index in [2.05, 4.69) is 20.4 Å². The molecule has 0 bridgehead atoms. The van der Waals surface area contributed by atoms with Crippen LogP contribution in [0.5, 0.6) is 5.75 Å². The van der Waals surface area contributed by atoms with Gasteiger partial charge in [0.2, 0.25) is 5.91 Å². The first-order valence-corrected chi connectivity index (χ1v) is 11.1. The van der Waals surface area contributed by atoms with Gasteiger partial charge in [0.1, 0.15) is 6.33 Å². The minimum atomic E-state index is -2.08. The van der Waals surface area contributed by atoms with E-state index in [0.29, 0.717) is 5.69 Å². The molecule has 2 aromatic heterocycles. The van der Waals surface area contributed by atoms with Crippen LogP contribution in [-0.4, -0.2) is 71.2 Å².